The third-order valence-corrected chi connectivity index (χ3v) is 10.8. The van der Waals surface area contributed by atoms with Crippen LogP contribution in [0, 0.1) is 40.4 Å². The lowest BCUT2D eigenvalue weighted by Gasteiger charge is -2.61. The molecular weight excluding hydrogens is 386 g/mol. The molecule has 0 aromatic carbocycles. The lowest BCUT2D eigenvalue weighted by molar-refractivity contribution is -0.148. The van der Waals surface area contributed by atoms with Crippen molar-refractivity contribution in [1.82, 2.24) is 5.32 Å². The van der Waals surface area contributed by atoms with Crippen LogP contribution in [0.1, 0.15) is 84.0 Å². The Morgan fingerprint density at radius 3 is 1.85 bits per heavy atom. The van der Waals surface area contributed by atoms with E-state index in [1.54, 1.807) is 0 Å². The number of hydrogen-bond acceptors (Lipinski definition) is 1. The Labute approximate surface area is 166 Å². The Bertz CT molecular complexity index is 593. The molecular formula is C23H34BrNO. The third-order valence-electron chi connectivity index (χ3n) is 9.82. The van der Waals surface area contributed by atoms with Gasteiger partial charge in [-0.25, -0.2) is 0 Å². The number of rotatable bonds is 3. The van der Waals surface area contributed by atoms with Crippen LogP contribution in [-0.4, -0.2) is 16.3 Å². The number of alkyl halides is 1. The van der Waals surface area contributed by atoms with Crippen molar-refractivity contribution in [3.05, 3.63) is 0 Å². The van der Waals surface area contributed by atoms with Crippen LogP contribution in [0.15, 0.2) is 0 Å². The number of carbonyl (C=O) groups is 1. The molecule has 1 N–H and O–H groups in total. The normalized spacial score (nSPS) is 57.4. The summed E-state index contributed by atoms with van der Waals surface area (Å²) < 4.78 is 0.276. The second-order valence-electron chi connectivity index (χ2n) is 11.9. The molecule has 0 radical (unpaired) electrons. The van der Waals surface area contributed by atoms with E-state index in [2.05, 4.69) is 28.2 Å². The predicted molar refractivity (Wildman–Crippen MR) is 107 cm³/mol. The van der Waals surface area contributed by atoms with Crippen LogP contribution in [0.4, 0.5) is 0 Å². The molecule has 0 saturated heterocycles. The summed E-state index contributed by atoms with van der Waals surface area (Å²) in [5, 5.41) is 3.65. The Hall–Kier alpha value is -0.0500. The third kappa shape index (κ3) is 2.37. The van der Waals surface area contributed by atoms with Gasteiger partial charge in [-0.3, -0.25) is 4.79 Å². The van der Waals surface area contributed by atoms with Crippen LogP contribution in [0.2, 0.25) is 0 Å². The highest BCUT2D eigenvalue weighted by Crippen LogP contribution is 2.65. The standard InChI is InChI=1S/C23H34BrNO/c1-14(21-6-15-2-16(7-21)4-17(3-15)8-21)25-20(26)22-9-18-5-19(10-22)12-23(24,11-18)13-22/h14-19H,2-13H2,1H3,(H,25,26). The number of amides is 1. The summed E-state index contributed by atoms with van der Waals surface area (Å²) in [6.45, 7) is 2.36. The quantitative estimate of drug-likeness (QED) is 0.605. The smallest absolute Gasteiger partial charge is 0.226 e. The highest BCUT2D eigenvalue weighted by Gasteiger charge is 2.60. The van der Waals surface area contributed by atoms with E-state index in [0.29, 0.717) is 17.4 Å². The van der Waals surface area contributed by atoms with Crippen molar-refractivity contribution >= 4 is 21.8 Å². The Balaban J connectivity index is 1.22. The molecule has 3 unspecified atom stereocenters. The number of carbonyl (C=O) groups excluding carboxylic acids is 1. The molecule has 8 fully saturated rings. The van der Waals surface area contributed by atoms with Gasteiger partial charge >= 0.3 is 0 Å². The molecule has 0 spiro atoms. The molecule has 0 aliphatic heterocycles. The highest BCUT2D eigenvalue weighted by atomic mass is 79.9. The van der Waals surface area contributed by atoms with Crippen molar-refractivity contribution in [3.63, 3.8) is 0 Å². The van der Waals surface area contributed by atoms with E-state index < -0.39 is 0 Å². The van der Waals surface area contributed by atoms with E-state index in [0.717, 1.165) is 48.9 Å². The summed E-state index contributed by atoms with van der Waals surface area (Å²) in [6.07, 6.45) is 16.0. The van der Waals surface area contributed by atoms with Crippen LogP contribution < -0.4 is 5.32 Å². The lowest BCUT2D eigenvalue weighted by Crippen LogP contribution is -2.62. The molecule has 8 rings (SSSR count). The van der Waals surface area contributed by atoms with E-state index in [9.17, 15) is 4.79 Å². The van der Waals surface area contributed by atoms with Crippen molar-refractivity contribution in [2.45, 2.75) is 94.3 Å². The Morgan fingerprint density at radius 2 is 1.35 bits per heavy atom. The van der Waals surface area contributed by atoms with Gasteiger partial charge in [0.05, 0.1) is 5.41 Å². The molecule has 2 nitrogen and oxygen atoms in total. The summed E-state index contributed by atoms with van der Waals surface area (Å²) >= 11 is 4.08. The second-order valence-corrected chi connectivity index (χ2v) is 13.5. The first kappa shape index (κ1) is 16.9. The SMILES string of the molecule is CC(NC(=O)C12CC3CC(CC(Br)(C3)C1)C2)C12CC3CC(CC(C3)C1)C2. The van der Waals surface area contributed by atoms with E-state index in [1.807, 2.05) is 0 Å². The minimum absolute atomic E-state index is 0.0515. The van der Waals surface area contributed by atoms with Crippen LogP contribution in [0.3, 0.4) is 0 Å². The highest BCUT2D eigenvalue weighted by molar-refractivity contribution is 9.10. The minimum Gasteiger partial charge on any atom is -0.353 e. The molecule has 8 aliphatic carbocycles. The molecule has 8 saturated carbocycles. The van der Waals surface area contributed by atoms with Gasteiger partial charge in [0.25, 0.3) is 0 Å². The molecule has 0 aromatic rings. The van der Waals surface area contributed by atoms with E-state index >= 15 is 0 Å². The van der Waals surface area contributed by atoms with Crippen molar-refractivity contribution in [1.29, 1.82) is 0 Å². The fourth-order valence-electron chi connectivity index (χ4n) is 9.63. The van der Waals surface area contributed by atoms with Gasteiger partial charge in [0.1, 0.15) is 0 Å². The number of nitrogens with one attached hydrogen (secondary N) is 1. The van der Waals surface area contributed by atoms with E-state index in [4.69, 9.17) is 0 Å². The van der Waals surface area contributed by atoms with Crippen LogP contribution in [0.5, 0.6) is 0 Å². The van der Waals surface area contributed by atoms with Gasteiger partial charge in [-0.2, -0.15) is 0 Å². The monoisotopic (exact) mass is 419 g/mol. The lowest BCUT2D eigenvalue weighted by atomic mass is 9.47. The maximum atomic E-state index is 13.6. The molecule has 8 aliphatic rings. The first-order valence-electron chi connectivity index (χ1n) is 11.4. The van der Waals surface area contributed by atoms with E-state index in [1.165, 1.54) is 57.8 Å². The van der Waals surface area contributed by atoms with Crippen molar-refractivity contribution < 1.29 is 4.79 Å². The maximum absolute atomic E-state index is 13.6. The molecule has 3 heteroatoms. The van der Waals surface area contributed by atoms with E-state index in [-0.39, 0.29) is 9.74 Å². The zero-order chi connectivity index (χ0) is 17.7. The van der Waals surface area contributed by atoms with Gasteiger partial charge < -0.3 is 5.32 Å². The fourth-order valence-corrected chi connectivity index (χ4v) is 11.1. The van der Waals surface area contributed by atoms with Gasteiger partial charge in [-0.15, -0.1) is 0 Å². The maximum Gasteiger partial charge on any atom is 0.226 e. The molecule has 1 amide bonds. The summed E-state index contributed by atoms with van der Waals surface area (Å²) in [7, 11) is 0. The molecule has 26 heavy (non-hydrogen) atoms. The van der Waals surface area contributed by atoms with Crippen molar-refractivity contribution in [2.75, 3.05) is 0 Å². The zero-order valence-electron chi connectivity index (χ0n) is 16.2. The Morgan fingerprint density at radius 1 is 0.846 bits per heavy atom. The van der Waals surface area contributed by atoms with Crippen molar-refractivity contribution in [2.24, 2.45) is 40.4 Å². The molecule has 3 atom stereocenters. The van der Waals surface area contributed by atoms with Crippen LogP contribution in [-0.2, 0) is 4.79 Å². The van der Waals surface area contributed by atoms with Crippen LogP contribution in [0.25, 0.3) is 0 Å². The van der Waals surface area contributed by atoms with Crippen molar-refractivity contribution in [3.8, 4) is 0 Å². The summed E-state index contributed by atoms with van der Waals surface area (Å²) in [5.74, 6) is 4.90. The number of halogens is 1. The molecule has 0 heterocycles. The molecule has 8 bridgehead atoms. The summed E-state index contributed by atoms with van der Waals surface area (Å²) in [5.41, 5.74) is 0.378. The first-order chi connectivity index (χ1) is 12.4. The summed E-state index contributed by atoms with van der Waals surface area (Å²) in [4.78, 5) is 13.6. The topological polar surface area (TPSA) is 29.1 Å². The van der Waals surface area contributed by atoms with Gasteiger partial charge in [-0.1, -0.05) is 15.9 Å². The first-order valence-corrected chi connectivity index (χ1v) is 12.1. The number of hydrogen-bond donors (Lipinski definition) is 1. The largest absolute Gasteiger partial charge is 0.353 e. The fraction of sp³-hybridized carbons (Fsp3) is 0.957. The van der Waals surface area contributed by atoms with Gasteiger partial charge in [0.2, 0.25) is 5.91 Å². The van der Waals surface area contributed by atoms with Gasteiger partial charge in [0.15, 0.2) is 0 Å². The summed E-state index contributed by atoms with van der Waals surface area (Å²) in [6, 6.07) is 0.377. The van der Waals surface area contributed by atoms with Gasteiger partial charge in [0, 0.05) is 10.4 Å². The molecule has 144 valence electrons. The zero-order valence-corrected chi connectivity index (χ0v) is 17.8. The van der Waals surface area contributed by atoms with Crippen LogP contribution >= 0.6 is 15.9 Å². The average Bonchev–Trinajstić information content (AvgIpc) is 2.51. The minimum atomic E-state index is -0.0515. The van der Waals surface area contributed by atoms with Gasteiger partial charge in [-0.05, 0) is 119 Å². The molecule has 0 aromatic heterocycles. The Kier molecular flexibility index (Phi) is 3.44. The second kappa shape index (κ2) is 5.30. The average molecular weight is 420 g/mol. The predicted octanol–water partition coefficient (Wildman–Crippen LogP) is 5.44.